The summed E-state index contributed by atoms with van der Waals surface area (Å²) in [5.41, 5.74) is 2.04. The summed E-state index contributed by atoms with van der Waals surface area (Å²) < 4.78 is 0. The minimum Gasteiger partial charge on any atom is -0.336 e. The van der Waals surface area contributed by atoms with Crippen LogP contribution in [0.3, 0.4) is 0 Å². The summed E-state index contributed by atoms with van der Waals surface area (Å²) >= 11 is 0. The summed E-state index contributed by atoms with van der Waals surface area (Å²) in [4.78, 5) is 16.3. The fraction of sp³-hybridized carbons (Fsp3) is 0.538. The molecule has 6 heteroatoms. The largest absolute Gasteiger partial charge is 0.336 e. The molecule has 2 rings (SSSR count). The molecule has 0 bridgehead atoms. The quantitative estimate of drug-likeness (QED) is 0.718. The lowest BCUT2D eigenvalue weighted by Crippen LogP contribution is -2.48. The van der Waals surface area contributed by atoms with Gasteiger partial charge in [-0.2, -0.15) is 15.5 Å². The molecular formula is C13H17N5O. The normalized spacial score (nSPS) is 16.2. The third-order valence-electron chi connectivity index (χ3n) is 3.28. The summed E-state index contributed by atoms with van der Waals surface area (Å²) in [6.45, 7) is 6.85. The number of rotatable bonds is 2. The highest BCUT2D eigenvalue weighted by Gasteiger charge is 2.23. The van der Waals surface area contributed by atoms with E-state index >= 15 is 0 Å². The predicted octanol–water partition coefficient (Wildman–Crippen LogP) is 0.375. The average Bonchev–Trinajstić information content (AvgIpc) is 2.42. The van der Waals surface area contributed by atoms with Crippen LogP contribution < -0.4 is 0 Å². The predicted molar refractivity (Wildman–Crippen MR) is 69.5 cm³/mol. The van der Waals surface area contributed by atoms with E-state index in [1.807, 2.05) is 16.7 Å². The van der Waals surface area contributed by atoms with E-state index in [1.54, 1.807) is 13.0 Å². The van der Waals surface area contributed by atoms with E-state index in [-0.39, 0.29) is 5.91 Å². The highest BCUT2D eigenvalue weighted by atomic mass is 16.2. The maximum Gasteiger partial charge on any atom is 0.255 e. The minimum atomic E-state index is 0.00658. The Morgan fingerprint density at radius 1 is 1.32 bits per heavy atom. The third kappa shape index (κ3) is 3.06. The topological polar surface area (TPSA) is 73.1 Å². The van der Waals surface area contributed by atoms with Crippen LogP contribution in [0.25, 0.3) is 0 Å². The van der Waals surface area contributed by atoms with Crippen molar-refractivity contribution in [3.05, 3.63) is 23.0 Å². The minimum absolute atomic E-state index is 0.00658. The zero-order chi connectivity index (χ0) is 13.8. The van der Waals surface area contributed by atoms with E-state index in [4.69, 9.17) is 5.26 Å². The maximum absolute atomic E-state index is 12.4. The molecule has 0 spiro atoms. The van der Waals surface area contributed by atoms with Crippen LogP contribution in [0.4, 0.5) is 0 Å². The number of carbonyl (C=O) groups is 1. The van der Waals surface area contributed by atoms with Gasteiger partial charge in [0.1, 0.15) is 0 Å². The molecule has 1 fully saturated rings. The highest BCUT2D eigenvalue weighted by Crippen LogP contribution is 2.11. The number of nitriles is 1. The number of hydrogen-bond acceptors (Lipinski definition) is 5. The lowest BCUT2D eigenvalue weighted by molar-refractivity contribution is 0.0650. The van der Waals surface area contributed by atoms with Crippen molar-refractivity contribution in [2.75, 3.05) is 32.7 Å². The summed E-state index contributed by atoms with van der Waals surface area (Å²) in [6.07, 6.45) is 0. The molecular weight excluding hydrogens is 242 g/mol. The number of amides is 1. The van der Waals surface area contributed by atoms with Gasteiger partial charge >= 0.3 is 0 Å². The van der Waals surface area contributed by atoms with Gasteiger partial charge in [0.2, 0.25) is 0 Å². The number of carbonyl (C=O) groups excluding carboxylic acids is 1. The van der Waals surface area contributed by atoms with Gasteiger partial charge in [-0.1, -0.05) is 0 Å². The van der Waals surface area contributed by atoms with Gasteiger partial charge < -0.3 is 4.90 Å². The van der Waals surface area contributed by atoms with Gasteiger partial charge in [0.15, 0.2) is 0 Å². The molecule has 0 radical (unpaired) electrons. The van der Waals surface area contributed by atoms with Crippen LogP contribution in [0, 0.1) is 25.2 Å². The number of nitrogens with zero attached hydrogens (tertiary/aromatic N) is 5. The monoisotopic (exact) mass is 259 g/mol. The van der Waals surface area contributed by atoms with Crippen molar-refractivity contribution in [2.45, 2.75) is 13.8 Å². The van der Waals surface area contributed by atoms with Gasteiger partial charge in [-0.15, -0.1) is 0 Å². The highest BCUT2D eigenvalue weighted by molar-refractivity contribution is 5.95. The fourth-order valence-corrected chi connectivity index (χ4v) is 2.15. The van der Waals surface area contributed by atoms with Gasteiger partial charge in [-0.25, -0.2) is 0 Å². The molecule has 1 aromatic heterocycles. The molecule has 0 unspecified atom stereocenters. The van der Waals surface area contributed by atoms with Crippen LogP contribution in [-0.2, 0) is 0 Å². The zero-order valence-corrected chi connectivity index (χ0v) is 11.3. The Hall–Kier alpha value is -2.00. The van der Waals surface area contributed by atoms with Crippen LogP contribution in [0.5, 0.6) is 0 Å². The average molecular weight is 259 g/mol. The van der Waals surface area contributed by atoms with E-state index in [0.29, 0.717) is 30.9 Å². The summed E-state index contributed by atoms with van der Waals surface area (Å²) in [5, 5.41) is 16.6. The molecule has 6 nitrogen and oxygen atoms in total. The maximum atomic E-state index is 12.4. The van der Waals surface area contributed by atoms with Gasteiger partial charge in [0.25, 0.3) is 5.91 Å². The Balaban J connectivity index is 2.05. The Labute approximate surface area is 112 Å². The van der Waals surface area contributed by atoms with Gasteiger partial charge in [-0.05, 0) is 19.9 Å². The van der Waals surface area contributed by atoms with Gasteiger partial charge in [-0.3, -0.25) is 9.69 Å². The van der Waals surface area contributed by atoms with Crippen molar-refractivity contribution in [1.82, 2.24) is 20.0 Å². The lowest BCUT2D eigenvalue weighted by atomic mass is 10.1. The molecule has 0 aliphatic carbocycles. The van der Waals surface area contributed by atoms with E-state index in [9.17, 15) is 4.79 Å². The number of aryl methyl sites for hydroxylation is 2. The second kappa shape index (κ2) is 5.76. The molecule has 1 aromatic rings. The molecule has 100 valence electrons. The molecule has 1 aliphatic heterocycles. The third-order valence-corrected chi connectivity index (χ3v) is 3.28. The van der Waals surface area contributed by atoms with Crippen molar-refractivity contribution in [3.63, 3.8) is 0 Å². The van der Waals surface area contributed by atoms with Crippen molar-refractivity contribution in [2.24, 2.45) is 0 Å². The standard InChI is InChI=1S/C13H17N5O/c1-10-9-12(11(2)16-15-10)13(19)18-7-5-17(4-3-14)6-8-18/h9H,4-8H2,1-2H3. The Morgan fingerprint density at radius 3 is 2.63 bits per heavy atom. The SMILES string of the molecule is Cc1cc(C(=O)N2CCN(CC#N)CC2)c(C)nn1. The first kappa shape index (κ1) is 13.4. The smallest absolute Gasteiger partial charge is 0.255 e. The van der Waals surface area contributed by atoms with Gasteiger partial charge in [0, 0.05) is 26.2 Å². The molecule has 1 amide bonds. The molecule has 2 heterocycles. The first-order valence-corrected chi connectivity index (χ1v) is 6.31. The van der Waals surface area contributed by atoms with Crippen molar-refractivity contribution in [1.29, 1.82) is 5.26 Å². The van der Waals surface area contributed by atoms with Crippen LogP contribution in [-0.4, -0.2) is 58.6 Å². The van der Waals surface area contributed by atoms with E-state index in [2.05, 4.69) is 16.3 Å². The first-order valence-electron chi connectivity index (χ1n) is 6.31. The number of aromatic nitrogens is 2. The molecule has 0 aromatic carbocycles. The summed E-state index contributed by atoms with van der Waals surface area (Å²) in [5.74, 6) is 0.00658. The van der Waals surface area contributed by atoms with Crippen molar-refractivity contribution >= 4 is 5.91 Å². The van der Waals surface area contributed by atoms with Crippen LogP contribution in [0.15, 0.2) is 6.07 Å². The zero-order valence-electron chi connectivity index (χ0n) is 11.3. The molecule has 0 atom stereocenters. The second-order valence-electron chi connectivity index (χ2n) is 4.71. The Morgan fingerprint density at radius 2 is 2.00 bits per heavy atom. The fourth-order valence-electron chi connectivity index (χ4n) is 2.15. The van der Waals surface area contributed by atoms with Crippen LogP contribution in [0.1, 0.15) is 21.7 Å². The van der Waals surface area contributed by atoms with Crippen LogP contribution in [0.2, 0.25) is 0 Å². The molecule has 19 heavy (non-hydrogen) atoms. The van der Waals surface area contributed by atoms with Crippen molar-refractivity contribution in [3.8, 4) is 6.07 Å². The van der Waals surface area contributed by atoms with E-state index in [1.165, 1.54) is 0 Å². The van der Waals surface area contributed by atoms with E-state index in [0.717, 1.165) is 18.8 Å². The second-order valence-corrected chi connectivity index (χ2v) is 4.71. The Bertz CT molecular complexity index is 514. The van der Waals surface area contributed by atoms with Crippen molar-refractivity contribution < 1.29 is 4.79 Å². The number of hydrogen-bond donors (Lipinski definition) is 0. The molecule has 0 saturated carbocycles. The Kier molecular flexibility index (Phi) is 4.07. The molecule has 0 N–H and O–H groups in total. The van der Waals surface area contributed by atoms with E-state index < -0.39 is 0 Å². The lowest BCUT2D eigenvalue weighted by Gasteiger charge is -2.33. The summed E-state index contributed by atoms with van der Waals surface area (Å²) in [7, 11) is 0. The van der Waals surface area contributed by atoms with Gasteiger partial charge in [0.05, 0.1) is 29.6 Å². The summed E-state index contributed by atoms with van der Waals surface area (Å²) in [6, 6.07) is 3.92. The first-order chi connectivity index (χ1) is 9.11. The number of piperazine rings is 1. The molecule has 1 saturated heterocycles. The van der Waals surface area contributed by atoms with Crippen LogP contribution >= 0.6 is 0 Å². The molecule has 1 aliphatic rings.